The fourth-order valence-corrected chi connectivity index (χ4v) is 5.68. The lowest BCUT2D eigenvalue weighted by atomic mass is 9.57. The molecule has 4 heterocycles. The molecule has 0 aromatic heterocycles. The molecule has 0 N–H and O–H groups in total. The van der Waals surface area contributed by atoms with Gasteiger partial charge in [-0.05, 0) is 38.0 Å². The van der Waals surface area contributed by atoms with Crippen LogP contribution in [0.1, 0.15) is 46.5 Å². The smallest absolute Gasteiger partial charge is 0.333 e. The van der Waals surface area contributed by atoms with Gasteiger partial charge >= 0.3 is 12.4 Å². The van der Waals surface area contributed by atoms with E-state index in [4.69, 9.17) is 19.2 Å². The second kappa shape index (κ2) is 6.44. The van der Waals surface area contributed by atoms with Crippen LogP contribution in [0.15, 0.2) is 0 Å². The molecule has 0 amide bonds. The Labute approximate surface area is 163 Å². The Kier molecular flexibility index (Phi) is 4.80. The predicted octanol–water partition coefficient (Wildman–Crippen LogP) is 4.71. The van der Waals surface area contributed by atoms with Crippen LogP contribution < -0.4 is 0 Å². The molecule has 4 saturated heterocycles. The van der Waals surface area contributed by atoms with Gasteiger partial charge in [-0.2, -0.15) is 26.3 Å². The van der Waals surface area contributed by atoms with Crippen molar-refractivity contribution in [2.45, 2.75) is 82.3 Å². The van der Waals surface area contributed by atoms with Gasteiger partial charge in [-0.3, -0.25) is 0 Å². The number of halogens is 6. The zero-order valence-corrected chi connectivity index (χ0v) is 16.2. The maximum atomic E-state index is 14.2. The Morgan fingerprint density at radius 3 is 2.24 bits per heavy atom. The van der Waals surface area contributed by atoms with Gasteiger partial charge in [0.15, 0.2) is 11.9 Å². The van der Waals surface area contributed by atoms with E-state index in [2.05, 4.69) is 4.74 Å². The van der Waals surface area contributed by atoms with Gasteiger partial charge < -0.3 is 14.2 Å². The molecular formula is C18H24F6O5. The van der Waals surface area contributed by atoms with Crippen LogP contribution in [-0.4, -0.2) is 42.4 Å². The highest BCUT2D eigenvalue weighted by molar-refractivity contribution is 5.12. The molecule has 1 aliphatic carbocycles. The van der Waals surface area contributed by atoms with E-state index in [1.54, 1.807) is 0 Å². The van der Waals surface area contributed by atoms with Crippen molar-refractivity contribution >= 4 is 0 Å². The number of alkyl halides is 6. The van der Waals surface area contributed by atoms with Crippen molar-refractivity contribution in [2.75, 3.05) is 6.61 Å². The summed E-state index contributed by atoms with van der Waals surface area (Å²) in [6.07, 6.45) is -9.86. The lowest BCUT2D eigenvalue weighted by Crippen LogP contribution is -2.76. The van der Waals surface area contributed by atoms with E-state index >= 15 is 0 Å². The molecule has 0 aromatic carbocycles. The van der Waals surface area contributed by atoms with Crippen molar-refractivity contribution in [1.29, 1.82) is 0 Å². The van der Waals surface area contributed by atoms with Crippen LogP contribution in [0.25, 0.3) is 0 Å². The molecule has 5 fully saturated rings. The van der Waals surface area contributed by atoms with Gasteiger partial charge in [0.25, 0.3) is 5.79 Å². The van der Waals surface area contributed by atoms with Crippen LogP contribution in [0.3, 0.4) is 0 Å². The zero-order valence-electron chi connectivity index (χ0n) is 16.2. The summed E-state index contributed by atoms with van der Waals surface area (Å²) in [7, 11) is 0. The fraction of sp³-hybridized carbons (Fsp3) is 1.00. The van der Waals surface area contributed by atoms with Crippen LogP contribution in [-0.2, 0) is 24.0 Å². The first-order valence-electron chi connectivity index (χ1n) is 9.74. The molecule has 0 aromatic rings. The summed E-state index contributed by atoms with van der Waals surface area (Å²) in [6.45, 7) is 2.61. The topological polar surface area (TPSA) is 46.2 Å². The Bertz CT molecular complexity index is 656. The van der Waals surface area contributed by atoms with Gasteiger partial charge in [-0.1, -0.05) is 13.8 Å². The van der Waals surface area contributed by atoms with Gasteiger partial charge in [0, 0.05) is 18.3 Å². The van der Waals surface area contributed by atoms with Crippen LogP contribution in [0.4, 0.5) is 26.3 Å². The standard InChI is InChI=1S/C18H24F6O5/c1-9-4-5-12-10(2)17(18(22,23)24,25-8-15(19,20)21)27-13-16(12)11(9)6-7-14(3,26-13)28-29-16/h9-13H,4-8H2,1-3H3/t9-,10-,11+,12+,13+,14-,16?,17-/m1/s1. The first-order valence-corrected chi connectivity index (χ1v) is 9.74. The molecule has 168 valence electrons. The molecule has 5 nitrogen and oxygen atoms in total. The Balaban J connectivity index is 1.80. The second-order valence-corrected chi connectivity index (χ2v) is 8.89. The van der Waals surface area contributed by atoms with Crippen LogP contribution in [0, 0.1) is 23.7 Å². The molecule has 29 heavy (non-hydrogen) atoms. The maximum absolute atomic E-state index is 14.2. The highest BCUT2D eigenvalue weighted by Crippen LogP contribution is 2.64. The van der Waals surface area contributed by atoms with Crippen molar-refractivity contribution in [2.24, 2.45) is 23.7 Å². The summed E-state index contributed by atoms with van der Waals surface area (Å²) in [5.41, 5.74) is -1.33. The van der Waals surface area contributed by atoms with E-state index in [1.807, 2.05) is 6.92 Å². The van der Waals surface area contributed by atoms with Gasteiger partial charge in [-0.15, -0.1) is 0 Å². The minimum Gasteiger partial charge on any atom is -0.333 e. The average Bonchev–Trinajstić information content (AvgIpc) is 2.81. The monoisotopic (exact) mass is 434 g/mol. The van der Waals surface area contributed by atoms with E-state index in [0.717, 1.165) is 0 Å². The summed E-state index contributed by atoms with van der Waals surface area (Å²) in [6, 6.07) is 0. The first-order chi connectivity index (χ1) is 13.2. The second-order valence-electron chi connectivity index (χ2n) is 8.89. The quantitative estimate of drug-likeness (QED) is 0.466. The number of ether oxygens (including phenoxy) is 3. The number of fused-ring (bicyclic) bond motifs is 2. The van der Waals surface area contributed by atoms with Crippen LogP contribution in [0.2, 0.25) is 0 Å². The molecule has 8 atom stereocenters. The Hall–Kier alpha value is -0.620. The molecule has 0 radical (unpaired) electrons. The predicted molar refractivity (Wildman–Crippen MR) is 83.8 cm³/mol. The summed E-state index contributed by atoms with van der Waals surface area (Å²) in [5.74, 6) is -7.21. The van der Waals surface area contributed by atoms with Gasteiger partial charge in [0.1, 0.15) is 6.61 Å². The molecule has 5 aliphatic rings. The maximum Gasteiger partial charge on any atom is 0.443 e. The third kappa shape index (κ3) is 3.10. The van der Waals surface area contributed by atoms with Gasteiger partial charge in [-0.25, -0.2) is 9.78 Å². The van der Waals surface area contributed by atoms with E-state index in [1.165, 1.54) is 13.8 Å². The molecule has 2 bridgehead atoms. The van der Waals surface area contributed by atoms with E-state index < -0.39 is 54.3 Å². The van der Waals surface area contributed by atoms with E-state index in [-0.39, 0.29) is 11.8 Å². The normalized spacial score (nSPS) is 50.2. The highest BCUT2D eigenvalue weighted by Gasteiger charge is 2.77. The summed E-state index contributed by atoms with van der Waals surface area (Å²) < 4.78 is 96.5. The van der Waals surface area contributed by atoms with Crippen molar-refractivity contribution < 1.29 is 50.3 Å². The minimum atomic E-state index is -5.21. The molecule has 4 aliphatic heterocycles. The largest absolute Gasteiger partial charge is 0.443 e. The van der Waals surface area contributed by atoms with Crippen molar-refractivity contribution in [1.82, 2.24) is 0 Å². The van der Waals surface area contributed by atoms with Crippen molar-refractivity contribution in [3.63, 3.8) is 0 Å². The molecule has 1 spiro atoms. The number of hydrogen-bond donors (Lipinski definition) is 0. The summed E-state index contributed by atoms with van der Waals surface area (Å²) >= 11 is 0. The van der Waals surface area contributed by atoms with Crippen LogP contribution >= 0.6 is 0 Å². The Morgan fingerprint density at radius 1 is 0.931 bits per heavy atom. The molecule has 11 heteroatoms. The third-order valence-electron chi connectivity index (χ3n) is 7.11. The summed E-state index contributed by atoms with van der Waals surface area (Å²) in [4.78, 5) is 11.2. The number of hydrogen-bond acceptors (Lipinski definition) is 5. The fourth-order valence-electron chi connectivity index (χ4n) is 5.68. The first kappa shape index (κ1) is 21.6. The van der Waals surface area contributed by atoms with Gasteiger partial charge in [0.05, 0.1) is 0 Å². The molecule has 5 rings (SSSR count). The highest BCUT2D eigenvalue weighted by atomic mass is 19.4. The summed E-state index contributed by atoms with van der Waals surface area (Å²) in [5, 5.41) is 0. The average molecular weight is 434 g/mol. The zero-order chi connectivity index (χ0) is 21.5. The van der Waals surface area contributed by atoms with Gasteiger partial charge in [0.2, 0.25) is 5.79 Å². The van der Waals surface area contributed by atoms with E-state index in [9.17, 15) is 26.3 Å². The molecule has 1 unspecified atom stereocenters. The lowest BCUT2D eigenvalue weighted by molar-refractivity contribution is -0.599. The number of rotatable bonds is 2. The molecule has 1 saturated carbocycles. The lowest BCUT2D eigenvalue weighted by Gasteiger charge is -2.62. The SMILES string of the molecule is C[C@@H]1CC[C@H]2[C@@H](C)[C@](OCC(F)(F)F)(C(F)(F)F)O[C@@H]3O[C@@]4(C)CC[C@@H]1C32OO4. The third-order valence-corrected chi connectivity index (χ3v) is 7.11. The van der Waals surface area contributed by atoms with Crippen molar-refractivity contribution in [3.8, 4) is 0 Å². The van der Waals surface area contributed by atoms with E-state index in [0.29, 0.717) is 25.7 Å². The van der Waals surface area contributed by atoms with Crippen LogP contribution in [0.5, 0.6) is 0 Å². The minimum absolute atomic E-state index is 0.103. The van der Waals surface area contributed by atoms with Crippen molar-refractivity contribution in [3.05, 3.63) is 0 Å². The Morgan fingerprint density at radius 2 is 1.62 bits per heavy atom. The molecular weight excluding hydrogens is 410 g/mol.